The van der Waals surface area contributed by atoms with Gasteiger partial charge >= 0.3 is 0 Å². The third kappa shape index (κ3) is 2.05. The molecule has 0 aliphatic carbocycles. The van der Waals surface area contributed by atoms with Gasteiger partial charge in [-0.15, -0.1) is 0 Å². The number of hydrogen-bond donors (Lipinski definition) is 1. The molecule has 0 saturated heterocycles. The highest BCUT2D eigenvalue weighted by molar-refractivity contribution is 5.88. The lowest BCUT2D eigenvalue weighted by molar-refractivity contribution is 0.634. The van der Waals surface area contributed by atoms with Crippen LogP contribution in [0.3, 0.4) is 0 Å². The summed E-state index contributed by atoms with van der Waals surface area (Å²) in [5.41, 5.74) is 5.70. The highest BCUT2D eigenvalue weighted by Crippen LogP contribution is 2.27. The lowest BCUT2D eigenvalue weighted by atomic mass is 10.3. The van der Waals surface area contributed by atoms with Gasteiger partial charge in [-0.05, 0) is 27.7 Å². The second kappa shape index (κ2) is 4.83. The fourth-order valence-electron chi connectivity index (χ4n) is 2.51. The number of nitrogens with one attached hydrogen (secondary N) is 1. The Bertz CT molecular complexity index is 812. The quantitative estimate of drug-likeness (QED) is 0.799. The smallest absolute Gasteiger partial charge is 0.162 e. The molecule has 110 valence electrons. The second-order valence-corrected chi connectivity index (χ2v) is 5.12. The molecule has 0 aliphatic rings. The Kier molecular flexibility index (Phi) is 3.12. The first-order chi connectivity index (χ1) is 10.0. The van der Waals surface area contributed by atoms with Crippen LogP contribution >= 0.6 is 0 Å². The molecule has 0 aliphatic heterocycles. The largest absolute Gasteiger partial charge is 0.335 e. The van der Waals surface area contributed by atoms with Gasteiger partial charge in [0.25, 0.3) is 0 Å². The first-order valence-corrected chi connectivity index (χ1v) is 6.98. The average molecular weight is 285 g/mol. The van der Waals surface area contributed by atoms with Crippen LogP contribution in [0.4, 0.5) is 11.5 Å². The van der Waals surface area contributed by atoms with Crippen molar-refractivity contribution in [2.75, 3.05) is 5.32 Å². The molecule has 0 unspecified atom stereocenters. The lowest BCUT2D eigenvalue weighted by Crippen LogP contribution is -2.01. The van der Waals surface area contributed by atoms with Gasteiger partial charge in [0.15, 0.2) is 11.3 Å². The highest BCUT2D eigenvalue weighted by Gasteiger charge is 2.16. The van der Waals surface area contributed by atoms with E-state index in [4.69, 9.17) is 0 Å². The van der Waals surface area contributed by atoms with Crippen molar-refractivity contribution in [2.45, 2.75) is 34.2 Å². The van der Waals surface area contributed by atoms with Crippen LogP contribution in [0.2, 0.25) is 0 Å². The van der Waals surface area contributed by atoms with E-state index in [-0.39, 0.29) is 0 Å². The zero-order valence-electron chi connectivity index (χ0n) is 13.0. The zero-order chi connectivity index (χ0) is 15.1. The van der Waals surface area contributed by atoms with E-state index in [1.54, 1.807) is 6.33 Å². The summed E-state index contributed by atoms with van der Waals surface area (Å²) >= 11 is 0. The van der Waals surface area contributed by atoms with Crippen molar-refractivity contribution in [3.05, 3.63) is 23.4 Å². The Hall–Kier alpha value is -2.44. The first kappa shape index (κ1) is 13.5. The molecule has 0 atom stereocenters. The molecule has 3 heterocycles. The van der Waals surface area contributed by atoms with Crippen LogP contribution in [-0.2, 0) is 13.6 Å². The lowest BCUT2D eigenvalue weighted by Gasteiger charge is -2.06. The summed E-state index contributed by atoms with van der Waals surface area (Å²) in [4.78, 5) is 8.65. The number of hydrogen-bond acceptors (Lipinski definition) is 5. The minimum Gasteiger partial charge on any atom is -0.335 e. The van der Waals surface area contributed by atoms with E-state index < -0.39 is 0 Å². The predicted octanol–water partition coefficient (Wildman–Crippen LogP) is 2.25. The van der Waals surface area contributed by atoms with E-state index in [9.17, 15) is 0 Å². The van der Waals surface area contributed by atoms with Crippen molar-refractivity contribution < 1.29 is 0 Å². The van der Waals surface area contributed by atoms with E-state index in [1.165, 1.54) is 0 Å². The highest BCUT2D eigenvalue weighted by atomic mass is 15.3. The Morgan fingerprint density at radius 3 is 2.48 bits per heavy atom. The standard InChI is InChI=1S/C14H19N7/c1-6-21-10(4)11(8(2)18-21)17-14-13-12(15-7-16-14)9(3)20(5)19-13/h7H,6H2,1-5H3,(H,15,16,17). The van der Waals surface area contributed by atoms with Gasteiger partial charge in [-0.25, -0.2) is 9.97 Å². The summed E-state index contributed by atoms with van der Waals surface area (Å²) in [6.45, 7) is 8.96. The summed E-state index contributed by atoms with van der Waals surface area (Å²) in [5, 5.41) is 12.4. The third-order valence-corrected chi connectivity index (χ3v) is 3.82. The average Bonchev–Trinajstić information content (AvgIpc) is 2.91. The summed E-state index contributed by atoms with van der Waals surface area (Å²) in [7, 11) is 1.91. The SMILES string of the molecule is CCn1nc(C)c(Nc2ncnc3c(C)n(C)nc23)c1C. The maximum absolute atomic E-state index is 4.51. The maximum atomic E-state index is 4.51. The van der Waals surface area contributed by atoms with Gasteiger partial charge in [-0.1, -0.05) is 0 Å². The third-order valence-electron chi connectivity index (χ3n) is 3.82. The molecule has 3 aromatic rings. The van der Waals surface area contributed by atoms with Crippen LogP contribution in [0.25, 0.3) is 11.0 Å². The van der Waals surface area contributed by atoms with Crippen molar-refractivity contribution in [3.8, 4) is 0 Å². The normalized spacial score (nSPS) is 11.3. The summed E-state index contributed by atoms with van der Waals surface area (Å²) < 4.78 is 3.79. The van der Waals surface area contributed by atoms with E-state index in [1.807, 2.05) is 37.2 Å². The van der Waals surface area contributed by atoms with Crippen molar-refractivity contribution in [1.29, 1.82) is 0 Å². The molecule has 3 aromatic heterocycles. The summed E-state index contributed by atoms with van der Waals surface area (Å²) in [6.07, 6.45) is 1.56. The van der Waals surface area contributed by atoms with Crippen LogP contribution in [0.1, 0.15) is 24.0 Å². The summed E-state index contributed by atoms with van der Waals surface area (Å²) in [6, 6.07) is 0. The molecular formula is C14H19N7. The number of nitrogens with zero attached hydrogens (tertiary/aromatic N) is 6. The second-order valence-electron chi connectivity index (χ2n) is 5.12. The molecule has 0 bridgehead atoms. The first-order valence-electron chi connectivity index (χ1n) is 6.98. The fourth-order valence-corrected chi connectivity index (χ4v) is 2.51. The minimum absolute atomic E-state index is 0.713. The maximum Gasteiger partial charge on any atom is 0.162 e. The van der Waals surface area contributed by atoms with Crippen LogP contribution in [-0.4, -0.2) is 29.5 Å². The van der Waals surface area contributed by atoms with Crippen molar-refractivity contribution in [1.82, 2.24) is 29.5 Å². The van der Waals surface area contributed by atoms with E-state index in [2.05, 4.69) is 32.4 Å². The van der Waals surface area contributed by atoms with Crippen LogP contribution in [0.5, 0.6) is 0 Å². The van der Waals surface area contributed by atoms with E-state index in [0.29, 0.717) is 5.82 Å². The van der Waals surface area contributed by atoms with Gasteiger partial charge in [0.05, 0.1) is 22.8 Å². The van der Waals surface area contributed by atoms with Crippen LogP contribution < -0.4 is 5.32 Å². The van der Waals surface area contributed by atoms with Crippen molar-refractivity contribution >= 4 is 22.5 Å². The van der Waals surface area contributed by atoms with Gasteiger partial charge in [-0.2, -0.15) is 10.2 Å². The molecule has 7 heteroatoms. The molecule has 21 heavy (non-hydrogen) atoms. The van der Waals surface area contributed by atoms with Gasteiger partial charge in [0, 0.05) is 13.6 Å². The van der Waals surface area contributed by atoms with Gasteiger partial charge in [-0.3, -0.25) is 9.36 Å². The molecule has 0 amide bonds. The number of rotatable bonds is 3. The molecule has 0 saturated carbocycles. The van der Waals surface area contributed by atoms with Crippen LogP contribution in [0.15, 0.2) is 6.33 Å². The van der Waals surface area contributed by atoms with Gasteiger partial charge in [0.1, 0.15) is 11.8 Å². The van der Waals surface area contributed by atoms with E-state index in [0.717, 1.165) is 40.3 Å². The molecule has 7 nitrogen and oxygen atoms in total. The van der Waals surface area contributed by atoms with Gasteiger partial charge in [0.2, 0.25) is 0 Å². The topological polar surface area (TPSA) is 73.5 Å². The molecule has 0 aromatic carbocycles. The number of aryl methyl sites for hydroxylation is 4. The monoisotopic (exact) mass is 285 g/mol. The Morgan fingerprint density at radius 2 is 1.81 bits per heavy atom. The molecular weight excluding hydrogens is 266 g/mol. The minimum atomic E-state index is 0.713. The van der Waals surface area contributed by atoms with E-state index >= 15 is 0 Å². The fraction of sp³-hybridized carbons (Fsp3) is 0.429. The number of aromatic nitrogens is 6. The Labute approximate surface area is 123 Å². The van der Waals surface area contributed by atoms with Crippen LogP contribution in [0, 0.1) is 20.8 Å². The molecule has 0 fully saturated rings. The molecule has 0 spiro atoms. The Balaban J connectivity index is 2.11. The van der Waals surface area contributed by atoms with Crippen molar-refractivity contribution in [2.24, 2.45) is 7.05 Å². The molecule has 3 rings (SSSR count). The number of anilines is 2. The molecule has 1 N–H and O–H groups in total. The Morgan fingerprint density at radius 1 is 1.05 bits per heavy atom. The molecule has 0 radical (unpaired) electrons. The predicted molar refractivity (Wildman–Crippen MR) is 81.7 cm³/mol. The number of fused-ring (bicyclic) bond motifs is 1. The zero-order valence-corrected chi connectivity index (χ0v) is 13.0. The summed E-state index contributed by atoms with van der Waals surface area (Å²) in [5.74, 6) is 0.713. The van der Waals surface area contributed by atoms with Crippen molar-refractivity contribution in [3.63, 3.8) is 0 Å². The van der Waals surface area contributed by atoms with Gasteiger partial charge < -0.3 is 5.32 Å².